The van der Waals surface area contributed by atoms with Gasteiger partial charge >= 0.3 is 6.09 Å². The van der Waals surface area contributed by atoms with Crippen molar-refractivity contribution in [3.63, 3.8) is 0 Å². The molecule has 10 heteroatoms. The molecule has 3 aromatic carbocycles. The molecule has 3 heterocycles. The zero-order chi connectivity index (χ0) is 30.1. The van der Waals surface area contributed by atoms with Crippen LogP contribution in [0.5, 0.6) is 5.75 Å². The van der Waals surface area contributed by atoms with Crippen LogP contribution in [0.25, 0.3) is 11.1 Å². The number of fused-ring (bicyclic) bond motifs is 5. The van der Waals surface area contributed by atoms with E-state index in [9.17, 15) is 14.4 Å². The Morgan fingerprint density at radius 1 is 0.977 bits per heavy atom. The van der Waals surface area contributed by atoms with Crippen molar-refractivity contribution < 1.29 is 57.1 Å². The van der Waals surface area contributed by atoms with E-state index in [2.05, 4.69) is 24.7 Å². The van der Waals surface area contributed by atoms with Gasteiger partial charge in [-0.25, -0.2) is 4.79 Å². The third-order valence-electron chi connectivity index (χ3n) is 9.08. The van der Waals surface area contributed by atoms with Crippen LogP contribution in [0, 0.1) is 0 Å². The number of epoxide rings is 1. The summed E-state index contributed by atoms with van der Waals surface area (Å²) in [4.78, 5) is 37.2. The molecule has 2 N–H and O–H groups in total. The van der Waals surface area contributed by atoms with E-state index < -0.39 is 6.09 Å². The molecule has 0 aliphatic carbocycles. The number of aryl methyl sites for hydroxylation is 1. The number of quaternary nitrogens is 1. The predicted molar refractivity (Wildman–Crippen MR) is 163 cm³/mol. The average Bonchev–Trinajstić information content (AvgIpc) is 3.76. The topological polar surface area (TPSA) is 106 Å². The number of nitrogens with zero attached hydrogens (tertiary/aromatic N) is 1. The number of rotatable bonds is 10. The van der Waals surface area contributed by atoms with Crippen LogP contribution in [0.1, 0.15) is 42.1 Å². The van der Waals surface area contributed by atoms with Crippen LogP contribution in [-0.2, 0) is 20.7 Å². The van der Waals surface area contributed by atoms with Gasteiger partial charge in [-0.1, -0.05) is 42.5 Å². The number of halogens is 1. The number of anilines is 2. The highest BCUT2D eigenvalue weighted by atomic mass is 127. The number of carbonyl (C=O) groups excluding carboxylic acids is 3. The molecule has 2 bridgehead atoms. The van der Waals surface area contributed by atoms with Crippen molar-refractivity contribution in [2.75, 3.05) is 31.3 Å². The third kappa shape index (κ3) is 6.62. The smallest absolute Gasteiger partial charge is 0.411 e. The highest BCUT2D eigenvalue weighted by molar-refractivity contribution is 5.93. The van der Waals surface area contributed by atoms with Crippen molar-refractivity contribution in [1.29, 1.82) is 0 Å². The van der Waals surface area contributed by atoms with E-state index in [0.717, 1.165) is 40.3 Å². The highest BCUT2D eigenvalue weighted by Crippen LogP contribution is 2.51. The van der Waals surface area contributed by atoms with Gasteiger partial charge in [0.25, 0.3) is 0 Å². The molecule has 6 rings (SSSR count). The molecule has 0 spiro atoms. The lowest BCUT2D eigenvalue weighted by molar-refractivity contribution is -0.938. The number of ether oxygens (including phenoxy) is 3. The number of aldehydes is 1. The molecule has 9 nitrogen and oxygen atoms in total. The number of carbonyl (C=O) groups is 3. The van der Waals surface area contributed by atoms with E-state index in [4.69, 9.17) is 14.2 Å². The van der Waals surface area contributed by atoms with Crippen molar-refractivity contribution in [2.24, 2.45) is 0 Å². The first-order valence-electron chi connectivity index (χ1n) is 14.9. The van der Waals surface area contributed by atoms with Crippen LogP contribution >= 0.6 is 0 Å². The minimum Gasteiger partial charge on any atom is -1.00 e. The Labute approximate surface area is 274 Å². The Kier molecular flexibility index (Phi) is 9.62. The predicted octanol–water partition coefficient (Wildman–Crippen LogP) is 2.45. The summed E-state index contributed by atoms with van der Waals surface area (Å²) in [5, 5.41) is 5.89. The molecule has 3 aromatic rings. The number of likely N-dealkylation sites (N-methyl/N-ethyl adjacent to an activating group) is 1. The molecular formula is C34H38IN3O6. The molecular weight excluding hydrogens is 673 g/mol. The third-order valence-corrected chi connectivity index (χ3v) is 9.08. The molecule has 5 atom stereocenters. The SMILES string of the molecule is CCOc1cc(NC(=O)CCc2ccc(-c3ccccc3)c(NC(=O)OC3C[C@@H]4[C@H]5O[C@H]5[C@H](C3)[N+]4(C)C)c2)ccc1C=O.[I-]. The molecule has 0 aromatic heterocycles. The Morgan fingerprint density at radius 3 is 2.39 bits per heavy atom. The van der Waals surface area contributed by atoms with Gasteiger partial charge in [0.1, 0.15) is 36.1 Å². The van der Waals surface area contributed by atoms with Gasteiger partial charge in [-0.15, -0.1) is 0 Å². The fourth-order valence-electron chi connectivity index (χ4n) is 6.78. The van der Waals surface area contributed by atoms with Crippen LogP contribution in [0.3, 0.4) is 0 Å². The molecule has 3 aliphatic rings. The van der Waals surface area contributed by atoms with Gasteiger partial charge in [0.05, 0.1) is 32.0 Å². The summed E-state index contributed by atoms with van der Waals surface area (Å²) in [5.74, 6) is 0.265. The second kappa shape index (κ2) is 13.3. The van der Waals surface area contributed by atoms with E-state index >= 15 is 0 Å². The van der Waals surface area contributed by atoms with E-state index in [1.165, 1.54) is 0 Å². The van der Waals surface area contributed by atoms with Crippen molar-refractivity contribution in [3.8, 4) is 16.9 Å². The van der Waals surface area contributed by atoms with Crippen molar-refractivity contribution in [1.82, 2.24) is 0 Å². The number of piperidine rings is 1. The minimum atomic E-state index is -0.470. The van der Waals surface area contributed by atoms with E-state index in [0.29, 0.717) is 47.8 Å². The first-order valence-corrected chi connectivity index (χ1v) is 14.9. The maximum atomic E-state index is 13.2. The number of benzene rings is 3. The van der Waals surface area contributed by atoms with Crippen molar-refractivity contribution in [3.05, 3.63) is 77.9 Å². The summed E-state index contributed by atoms with van der Waals surface area (Å²) in [6.45, 7) is 2.25. The number of nitrogens with one attached hydrogen (secondary N) is 2. The van der Waals surface area contributed by atoms with Crippen molar-refractivity contribution >= 4 is 29.7 Å². The molecule has 2 amide bonds. The van der Waals surface area contributed by atoms with Gasteiger partial charge in [0.15, 0.2) is 6.29 Å². The Balaban J connectivity index is 0.00000384. The van der Waals surface area contributed by atoms with E-state index in [1.54, 1.807) is 18.2 Å². The van der Waals surface area contributed by atoms with Crippen LogP contribution in [0.15, 0.2) is 66.7 Å². The zero-order valence-electron chi connectivity index (χ0n) is 25.1. The monoisotopic (exact) mass is 711 g/mol. The van der Waals surface area contributed by atoms with E-state index in [-0.39, 0.29) is 54.6 Å². The lowest BCUT2D eigenvalue weighted by atomic mass is 9.96. The first-order chi connectivity index (χ1) is 20.8. The molecule has 44 heavy (non-hydrogen) atoms. The van der Waals surface area contributed by atoms with Gasteiger partial charge < -0.3 is 48.0 Å². The minimum absolute atomic E-state index is 0. The number of hydrogen-bond acceptors (Lipinski definition) is 6. The largest absolute Gasteiger partial charge is 1.00 e. The molecule has 3 saturated heterocycles. The summed E-state index contributed by atoms with van der Waals surface area (Å²) in [5.41, 5.74) is 4.38. The summed E-state index contributed by atoms with van der Waals surface area (Å²) >= 11 is 0. The molecule has 3 aliphatic heterocycles. The first kappa shape index (κ1) is 31.9. The number of hydrogen-bond donors (Lipinski definition) is 2. The van der Waals surface area contributed by atoms with Gasteiger partial charge in [-0.05, 0) is 42.7 Å². The maximum absolute atomic E-state index is 13.2. The van der Waals surface area contributed by atoms with Crippen LogP contribution < -0.4 is 39.3 Å². The Morgan fingerprint density at radius 2 is 1.70 bits per heavy atom. The van der Waals surface area contributed by atoms with Gasteiger partial charge in [-0.3, -0.25) is 14.9 Å². The number of amides is 2. The fraction of sp³-hybridized carbons (Fsp3) is 0.382. The fourth-order valence-corrected chi connectivity index (χ4v) is 6.78. The second-order valence-corrected chi connectivity index (χ2v) is 12.1. The number of morpholine rings is 1. The lowest BCUT2D eigenvalue weighted by Gasteiger charge is -2.45. The molecule has 232 valence electrons. The van der Waals surface area contributed by atoms with Crippen LogP contribution in [0.2, 0.25) is 0 Å². The van der Waals surface area contributed by atoms with Gasteiger partial charge in [-0.2, -0.15) is 0 Å². The zero-order valence-corrected chi connectivity index (χ0v) is 27.3. The summed E-state index contributed by atoms with van der Waals surface area (Å²) in [7, 11) is 4.50. The Bertz CT molecular complexity index is 1510. The van der Waals surface area contributed by atoms with Crippen LogP contribution in [0.4, 0.5) is 16.2 Å². The standard InChI is InChI=1S/C34H37N3O6.HI/c1-4-41-30-17-24(13-12-23(30)20-38)35-31(39)15-11-21-10-14-26(22-8-6-5-7-9-22)27(16-21)36-34(40)42-25-18-28-32-33(43-32)29(19-25)37(28,2)3;/h5-10,12-14,16-17,20,25,28-29,32-33H,4,11,15,18-19H2,1-3H3,(H-,35,36,38,39,40);1H/t25?,28-,29+,32-,33+;. The molecule has 0 radical (unpaired) electrons. The molecule has 0 saturated carbocycles. The van der Waals surface area contributed by atoms with Crippen LogP contribution in [-0.4, -0.2) is 73.9 Å². The maximum Gasteiger partial charge on any atom is 0.411 e. The van der Waals surface area contributed by atoms with Crippen molar-refractivity contribution in [2.45, 2.75) is 63.0 Å². The average molecular weight is 712 g/mol. The summed E-state index contributed by atoms with van der Waals surface area (Å²) < 4.78 is 18.3. The van der Waals surface area contributed by atoms with E-state index in [1.807, 2.05) is 55.5 Å². The lowest BCUT2D eigenvalue weighted by Crippen LogP contribution is -3.00. The molecule has 1 unspecified atom stereocenters. The summed E-state index contributed by atoms with van der Waals surface area (Å²) in [6, 6.07) is 21.4. The summed E-state index contributed by atoms with van der Waals surface area (Å²) in [6.07, 6.45) is 2.98. The highest BCUT2D eigenvalue weighted by Gasteiger charge is 2.70. The second-order valence-electron chi connectivity index (χ2n) is 12.1. The van der Waals surface area contributed by atoms with Gasteiger partial charge in [0, 0.05) is 36.6 Å². The normalized spacial score (nSPS) is 23.8. The quantitative estimate of drug-likeness (QED) is 0.145. The Hall–Kier alpha value is -3.48. The molecule has 3 fully saturated rings. The van der Waals surface area contributed by atoms with Gasteiger partial charge in [0.2, 0.25) is 5.91 Å².